The molecule has 66 valence electrons. The van der Waals surface area contributed by atoms with Crippen LogP contribution in [0.25, 0.3) is 0 Å². The third-order valence-electron chi connectivity index (χ3n) is 2.13. The van der Waals surface area contributed by atoms with Crippen molar-refractivity contribution in [1.82, 2.24) is 5.16 Å². The van der Waals surface area contributed by atoms with Crippen LogP contribution in [0, 0.1) is 0 Å². The zero-order valence-corrected chi connectivity index (χ0v) is 6.82. The van der Waals surface area contributed by atoms with Gasteiger partial charge in [-0.25, -0.2) is 0 Å². The maximum Gasteiger partial charge on any atom is 0.222 e. The average Bonchev–Trinajstić information content (AvgIpc) is 2.54. The first-order valence-electron chi connectivity index (χ1n) is 4.16. The summed E-state index contributed by atoms with van der Waals surface area (Å²) >= 11 is 0. The summed E-state index contributed by atoms with van der Waals surface area (Å²) in [6, 6.07) is 1.78. The Labute approximate surface area is 70.7 Å². The number of nitrogens with two attached hydrogens (primary N) is 1. The van der Waals surface area contributed by atoms with Crippen molar-refractivity contribution >= 4 is 5.88 Å². The molecule has 0 amide bonds. The molecule has 0 aliphatic carbocycles. The third kappa shape index (κ3) is 1.43. The molecule has 0 bridgehead atoms. The molecular formula is C8H12N2O2. The predicted octanol–water partition coefficient (Wildman–Crippen LogP) is 1.15. The van der Waals surface area contributed by atoms with E-state index in [1.165, 1.54) is 0 Å². The minimum atomic E-state index is 0.375. The van der Waals surface area contributed by atoms with Crippen molar-refractivity contribution in [1.29, 1.82) is 0 Å². The molecule has 1 fully saturated rings. The molecule has 1 aliphatic heterocycles. The van der Waals surface area contributed by atoms with Crippen molar-refractivity contribution in [3.05, 3.63) is 11.8 Å². The van der Waals surface area contributed by atoms with E-state index in [4.69, 9.17) is 15.0 Å². The Morgan fingerprint density at radius 3 is 3.08 bits per heavy atom. The summed E-state index contributed by atoms with van der Waals surface area (Å²) in [6.07, 6.45) is 2.21. The lowest BCUT2D eigenvalue weighted by Crippen LogP contribution is -2.15. The second kappa shape index (κ2) is 3.15. The standard InChI is InChI=1S/C8H12N2O2/c9-8-4-7(10-12-8)6-2-1-3-11-5-6/h4,6H,1-3,5,9H2. The molecule has 1 aromatic rings. The summed E-state index contributed by atoms with van der Waals surface area (Å²) in [6.45, 7) is 1.61. The van der Waals surface area contributed by atoms with Gasteiger partial charge in [0.15, 0.2) is 0 Å². The quantitative estimate of drug-likeness (QED) is 0.683. The van der Waals surface area contributed by atoms with E-state index in [0.717, 1.165) is 31.7 Å². The molecule has 0 aromatic carbocycles. The number of rotatable bonds is 1. The monoisotopic (exact) mass is 168 g/mol. The van der Waals surface area contributed by atoms with Gasteiger partial charge in [-0.1, -0.05) is 5.16 Å². The van der Waals surface area contributed by atoms with Gasteiger partial charge in [0.1, 0.15) is 0 Å². The summed E-state index contributed by atoms with van der Waals surface area (Å²) in [5.74, 6) is 0.760. The van der Waals surface area contributed by atoms with E-state index < -0.39 is 0 Å². The second-order valence-corrected chi connectivity index (χ2v) is 3.07. The SMILES string of the molecule is Nc1cc(C2CCCOC2)no1. The van der Waals surface area contributed by atoms with Gasteiger partial charge in [-0.15, -0.1) is 0 Å². The summed E-state index contributed by atoms with van der Waals surface area (Å²) < 4.78 is 10.1. The predicted molar refractivity (Wildman–Crippen MR) is 43.7 cm³/mol. The molecule has 0 spiro atoms. The Bertz CT molecular complexity index is 253. The number of hydrogen-bond acceptors (Lipinski definition) is 4. The van der Waals surface area contributed by atoms with Crippen LogP contribution in [0.4, 0.5) is 5.88 Å². The van der Waals surface area contributed by atoms with E-state index in [0.29, 0.717) is 11.8 Å². The van der Waals surface area contributed by atoms with Crippen LogP contribution >= 0.6 is 0 Å². The summed E-state index contributed by atoms with van der Waals surface area (Å²) in [7, 11) is 0. The van der Waals surface area contributed by atoms with E-state index in [-0.39, 0.29) is 0 Å². The van der Waals surface area contributed by atoms with Crippen LogP contribution in [0.2, 0.25) is 0 Å². The van der Waals surface area contributed by atoms with Crippen molar-refractivity contribution in [2.24, 2.45) is 0 Å². The first-order chi connectivity index (χ1) is 5.86. The molecule has 1 aliphatic rings. The normalized spacial score (nSPS) is 24.2. The van der Waals surface area contributed by atoms with E-state index in [1.807, 2.05) is 0 Å². The van der Waals surface area contributed by atoms with Crippen LogP contribution in [-0.4, -0.2) is 18.4 Å². The van der Waals surface area contributed by atoms with Gasteiger partial charge in [0, 0.05) is 18.6 Å². The lowest BCUT2D eigenvalue weighted by molar-refractivity contribution is 0.0783. The molecule has 2 heterocycles. The van der Waals surface area contributed by atoms with Gasteiger partial charge in [0.05, 0.1) is 12.3 Å². The van der Waals surface area contributed by atoms with E-state index >= 15 is 0 Å². The average molecular weight is 168 g/mol. The zero-order chi connectivity index (χ0) is 8.39. The highest BCUT2D eigenvalue weighted by Gasteiger charge is 2.19. The highest BCUT2D eigenvalue weighted by Crippen LogP contribution is 2.25. The van der Waals surface area contributed by atoms with Gasteiger partial charge in [-0.05, 0) is 12.8 Å². The highest BCUT2D eigenvalue weighted by atomic mass is 16.5. The highest BCUT2D eigenvalue weighted by molar-refractivity contribution is 5.26. The molecule has 1 saturated heterocycles. The molecular weight excluding hydrogens is 156 g/mol. The van der Waals surface area contributed by atoms with Crippen LogP contribution in [0.1, 0.15) is 24.5 Å². The molecule has 0 radical (unpaired) electrons. The van der Waals surface area contributed by atoms with Crippen molar-refractivity contribution in [2.75, 3.05) is 18.9 Å². The Morgan fingerprint density at radius 2 is 2.50 bits per heavy atom. The van der Waals surface area contributed by atoms with Gasteiger partial charge in [0.2, 0.25) is 5.88 Å². The van der Waals surface area contributed by atoms with E-state index in [9.17, 15) is 0 Å². The summed E-state index contributed by atoms with van der Waals surface area (Å²) in [5.41, 5.74) is 6.34. The van der Waals surface area contributed by atoms with Gasteiger partial charge >= 0.3 is 0 Å². The first kappa shape index (κ1) is 7.61. The maximum atomic E-state index is 5.42. The van der Waals surface area contributed by atoms with E-state index in [2.05, 4.69) is 5.16 Å². The molecule has 1 atom stereocenters. The third-order valence-corrected chi connectivity index (χ3v) is 2.13. The number of ether oxygens (including phenoxy) is 1. The minimum Gasteiger partial charge on any atom is -0.381 e. The Kier molecular flexibility index (Phi) is 1.99. The van der Waals surface area contributed by atoms with Crippen LogP contribution < -0.4 is 5.73 Å². The van der Waals surface area contributed by atoms with Crippen LogP contribution in [-0.2, 0) is 4.74 Å². The number of nitrogens with zero attached hydrogens (tertiary/aromatic N) is 1. The Hall–Kier alpha value is -1.03. The lowest BCUT2D eigenvalue weighted by Gasteiger charge is -2.19. The van der Waals surface area contributed by atoms with Crippen LogP contribution in [0.3, 0.4) is 0 Å². The summed E-state index contributed by atoms with van der Waals surface area (Å²) in [4.78, 5) is 0. The maximum absolute atomic E-state index is 5.42. The molecule has 1 aromatic heterocycles. The van der Waals surface area contributed by atoms with Crippen molar-refractivity contribution in [3.8, 4) is 0 Å². The molecule has 0 saturated carbocycles. The fourth-order valence-electron chi connectivity index (χ4n) is 1.47. The molecule has 2 N–H and O–H groups in total. The Balaban J connectivity index is 2.08. The summed E-state index contributed by atoms with van der Waals surface area (Å²) in [5, 5.41) is 3.86. The van der Waals surface area contributed by atoms with Crippen LogP contribution in [0.15, 0.2) is 10.6 Å². The first-order valence-corrected chi connectivity index (χ1v) is 4.16. The zero-order valence-electron chi connectivity index (χ0n) is 6.82. The van der Waals surface area contributed by atoms with Gasteiger partial charge in [0.25, 0.3) is 0 Å². The number of nitrogen functional groups attached to an aromatic ring is 1. The van der Waals surface area contributed by atoms with Crippen molar-refractivity contribution in [3.63, 3.8) is 0 Å². The van der Waals surface area contributed by atoms with E-state index in [1.54, 1.807) is 6.07 Å². The van der Waals surface area contributed by atoms with Crippen molar-refractivity contribution in [2.45, 2.75) is 18.8 Å². The van der Waals surface area contributed by atoms with Gasteiger partial charge < -0.3 is 15.0 Å². The smallest absolute Gasteiger partial charge is 0.222 e. The minimum absolute atomic E-state index is 0.375. The number of anilines is 1. The fraction of sp³-hybridized carbons (Fsp3) is 0.625. The van der Waals surface area contributed by atoms with Crippen molar-refractivity contribution < 1.29 is 9.26 Å². The topological polar surface area (TPSA) is 61.3 Å². The number of aromatic nitrogens is 1. The Morgan fingerprint density at radius 1 is 1.58 bits per heavy atom. The molecule has 12 heavy (non-hydrogen) atoms. The van der Waals surface area contributed by atoms with Gasteiger partial charge in [-0.2, -0.15) is 0 Å². The number of hydrogen-bond donors (Lipinski definition) is 1. The second-order valence-electron chi connectivity index (χ2n) is 3.07. The van der Waals surface area contributed by atoms with Crippen LogP contribution in [0.5, 0.6) is 0 Å². The largest absolute Gasteiger partial charge is 0.381 e. The molecule has 4 nitrogen and oxygen atoms in total. The lowest BCUT2D eigenvalue weighted by atomic mass is 9.99. The van der Waals surface area contributed by atoms with Gasteiger partial charge in [-0.3, -0.25) is 0 Å². The molecule has 4 heteroatoms. The molecule has 2 rings (SSSR count). The fourth-order valence-corrected chi connectivity index (χ4v) is 1.47. The molecule has 1 unspecified atom stereocenters.